The Kier molecular flexibility index (Phi) is 5.98. The summed E-state index contributed by atoms with van der Waals surface area (Å²) >= 11 is 1.06. The van der Waals surface area contributed by atoms with Crippen LogP contribution in [0.25, 0.3) is 11.3 Å². The Balaban J connectivity index is 2.22. The molecule has 0 saturated heterocycles. The number of rotatable bonds is 5. The summed E-state index contributed by atoms with van der Waals surface area (Å²) in [5, 5.41) is 20.8. The van der Waals surface area contributed by atoms with Crippen molar-refractivity contribution in [2.45, 2.75) is 11.3 Å². The number of nitro groups is 1. The summed E-state index contributed by atoms with van der Waals surface area (Å²) < 4.78 is 44.6. The Morgan fingerprint density at radius 1 is 1.26 bits per heavy atom. The molecule has 1 aromatic heterocycles. The Hall–Kier alpha value is -3.85. The molecule has 0 aliphatic rings. The molecule has 0 fully saturated rings. The van der Waals surface area contributed by atoms with Crippen LogP contribution >= 0.6 is 11.8 Å². The Morgan fingerprint density at radius 3 is 2.61 bits per heavy atom. The van der Waals surface area contributed by atoms with E-state index in [1.807, 2.05) is 0 Å². The highest BCUT2D eigenvalue weighted by Gasteiger charge is 2.31. The van der Waals surface area contributed by atoms with Crippen LogP contribution in [-0.2, 0) is 6.18 Å². The first-order valence-corrected chi connectivity index (χ1v) is 9.59. The first-order valence-electron chi connectivity index (χ1n) is 8.36. The molecule has 158 valence electrons. The molecule has 0 bridgehead atoms. The lowest BCUT2D eigenvalue weighted by molar-refractivity contribution is -0.384. The van der Waals surface area contributed by atoms with E-state index in [1.54, 1.807) is 12.3 Å². The number of nitriles is 1. The monoisotopic (exact) mass is 448 g/mol. The van der Waals surface area contributed by atoms with E-state index < -0.39 is 27.8 Å². The highest BCUT2D eigenvalue weighted by Crippen LogP contribution is 2.38. The smallest absolute Gasteiger partial charge is 0.416 e. The van der Waals surface area contributed by atoms with Crippen LogP contribution in [0.3, 0.4) is 0 Å². The van der Waals surface area contributed by atoms with Crippen LogP contribution in [0.1, 0.15) is 11.1 Å². The molecule has 1 N–H and O–H groups in total. The zero-order valence-electron chi connectivity index (χ0n) is 15.6. The van der Waals surface area contributed by atoms with Gasteiger partial charge in [-0.15, -0.1) is 0 Å². The van der Waals surface area contributed by atoms with Gasteiger partial charge >= 0.3 is 6.18 Å². The van der Waals surface area contributed by atoms with Crippen molar-refractivity contribution in [3.63, 3.8) is 0 Å². The lowest BCUT2D eigenvalue weighted by Crippen LogP contribution is -2.15. The number of nitrogens with one attached hydrogen (secondary N) is 1. The molecule has 3 aromatic rings. The Morgan fingerprint density at radius 2 is 2.00 bits per heavy atom. The fraction of sp³-hybridized carbons (Fsp3) is 0.105. The van der Waals surface area contributed by atoms with E-state index in [-0.39, 0.29) is 33.6 Å². The molecule has 0 aliphatic carbocycles. The maximum absolute atomic E-state index is 13.0. The number of halogens is 3. The summed E-state index contributed by atoms with van der Waals surface area (Å²) in [7, 11) is 0. The van der Waals surface area contributed by atoms with Gasteiger partial charge in [-0.1, -0.05) is 17.8 Å². The number of benzene rings is 2. The number of non-ortho nitro benzene ring substituents is 1. The van der Waals surface area contributed by atoms with Crippen LogP contribution in [0.2, 0.25) is 0 Å². The fourth-order valence-electron chi connectivity index (χ4n) is 2.62. The van der Waals surface area contributed by atoms with Crippen molar-refractivity contribution in [3.05, 3.63) is 74.1 Å². The molecule has 0 aliphatic heterocycles. The van der Waals surface area contributed by atoms with Gasteiger partial charge in [0.25, 0.3) is 11.2 Å². The summed E-state index contributed by atoms with van der Waals surface area (Å²) in [6.45, 7) is 0. The molecule has 12 heteroatoms. The highest BCUT2D eigenvalue weighted by atomic mass is 32.2. The fourth-order valence-corrected chi connectivity index (χ4v) is 2.99. The summed E-state index contributed by atoms with van der Waals surface area (Å²) in [4.78, 5) is 29.3. The molecule has 0 spiro atoms. The van der Waals surface area contributed by atoms with Crippen LogP contribution in [-0.4, -0.2) is 21.1 Å². The Bertz CT molecular complexity index is 1270. The van der Waals surface area contributed by atoms with E-state index in [0.717, 1.165) is 48.2 Å². The average Bonchev–Trinajstić information content (AvgIpc) is 2.72. The number of aromatic nitrogens is 2. The third-order valence-electron chi connectivity index (χ3n) is 4.02. The van der Waals surface area contributed by atoms with Crippen LogP contribution < -0.4 is 10.3 Å². The minimum Gasteiger partial charge on any atom is -0.457 e. The lowest BCUT2D eigenvalue weighted by atomic mass is 10.1. The molecule has 2 aromatic carbocycles. The molecular weight excluding hydrogens is 437 g/mol. The maximum Gasteiger partial charge on any atom is 0.416 e. The van der Waals surface area contributed by atoms with Gasteiger partial charge in [0.05, 0.1) is 16.1 Å². The molecule has 0 amide bonds. The van der Waals surface area contributed by atoms with Crippen LogP contribution in [0.4, 0.5) is 18.9 Å². The third-order valence-corrected chi connectivity index (χ3v) is 4.60. The number of hydrogen-bond acceptors (Lipinski definition) is 7. The number of aromatic amines is 1. The van der Waals surface area contributed by atoms with Gasteiger partial charge in [0.1, 0.15) is 28.8 Å². The van der Waals surface area contributed by atoms with Crippen molar-refractivity contribution >= 4 is 17.4 Å². The van der Waals surface area contributed by atoms with Gasteiger partial charge in [-0.3, -0.25) is 14.9 Å². The summed E-state index contributed by atoms with van der Waals surface area (Å²) in [5.74, 6) is -0.315. The maximum atomic E-state index is 13.0. The van der Waals surface area contributed by atoms with E-state index in [9.17, 15) is 33.3 Å². The second kappa shape index (κ2) is 8.49. The van der Waals surface area contributed by atoms with Crippen molar-refractivity contribution in [3.8, 4) is 28.8 Å². The number of nitrogens with zero attached hydrogens (tertiary/aromatic N) is 3. The standard InChI is InChI=1S/C19H11F3N4O4S/c1-31-18-24-16(14(9-23)17(27)25-18)13-8-11(26(28)29)5-6-15(13)30-12-4-2-3-10(7-12)19(20,21)22/h2-8H,1H3,(H,24,25,27). The van der Waals surface area contributed by atoms with E-state index in [1.165, 1.54) is 6.07 Å². The van der Waals surface area contributed by atoms with Crippen LogP contribution in [0.5, 0.6) is 11.5 Å². The predicted octanol–water partition coefficient (Wildman–Crippen LogP) is 4.75. The number of hydrogen-bond donors (Lipinski definition) is 1. The molecule has 0 unspecified atom stereocenters. The zero-order chi connectivity index (χ0) is 22.8. The highest BCUT2D eigenvalue weighted by molar-refractivity contribution is 7.98. The largest absolute Gasteiger partial charge is 0.457 e. The summed E-state index contributed by atoms with van der Waals surface area (Å²) in [5.41, 5.74) is -2.82. The van der Waals surface area contributed by atoms with Crippen molar-refractivity contribution in [1.82, 2.24) is 9.97 Å². The topological polar surface area (TPSA) is 122 Å². The van der Waals surface area contributed by atoms with Gasteiger partial charge < -0.3 is 9.72 Å². The Labute approximate surface area is 176 Å². The predicted molar refractivity (Wildman–Crippen MR) is 105 cm³/mol. The lowest BCUT2D eigenvalue weighted by Gasteiger charge is -2.13. The third kappa shape index (κ3) is 4.67. The van der Waals surface area contributed by atoms with Crippen molar-refractivity contribution in [1.29, 1.82) is 5.26 Å². The molecule has 1 heterocycles. The van der Waals surface area contributed by atoms with Crippen molar-refractivity contribution < 1.29 is 22.8 Å². The number of H-pyrrole nitrogens is 1. The van der Waals surface area contributed by atoms with E-state index >= 15 is 0 Å². The van der Waals surface area contributed by atoms with E-state index in [0.29, 0.717) is 0 Å². The van der Waals surface area contributed by atoms with E-state index in [2.05, 4.69) is 9.97 Å². The number of thioether (sulfide) groups is 1. The zero-order valence-corrected chi connectivity index (χ0v) is 16.4. The molecular formula is C19H11F3N4O4S. The SMILES string of the molecule is CSc1nc(-c2cc([N+](=O)[O-])ccc2Oc2cccc(C(F)(F)F)c2)c(C#N)c(=O)[nH]1. The number of nitro benzene ring substituents is 1. The van der Waals surface area contributed by atoms with Crippen LogP contribution in [0, 0.1) is 21.4 Å². The molecule has 3 rings (SSSR count). The average molecular weight is 448 g/mol. The number of alkyl halides is 3. The second-order valence-electron chi connectivity index (χ2n) is 5.98. The first-order chi connectivity index (χ1) is 14.6. The summed E-state index contributed by atoms with van der Waals surface area (Å²) in [6, 6.07) is 9.01. The van der Waals surface area contributed by atoms with Gasteiger partial charge in [-0.25, -0.2) is 4.98 Å². The van der Waals surface area contributed by atoms with Crippen LogP contribution in [0.15, 0.2) is 52.4 Å². The minimum absolute atomic E-state index is 0.0930. The molecule has 8 nitrogen and oxygen atoms in total. The minimum atomic E-state index is -4.60. The van der Waals surface area contributed by atoms with E-state index in [4.69, 9.17) is 4.74 Å². The first kappa shape index (κ1) is 21.8. The summed E-state index contributed by atoms with van der Waals surface area (Å²) in [6.07, 6.45) is -2.99. The second-order valence-corrected chi connectivity index (χ2v) is 6.77. The quantitative estimate of drug-likeness (QED) is 0.259. The number of ether oxygens (including phenoxy) is 1. The van der Waals surface area contributed by atoms with Gasteiger partial charge in [0, 0.05) is 12.1 Å². The van der Waals surface area contributed by atoms with Crippen molar-refractivity contribution in [2.75, 3.05) is 6.26 Å². The van der Waals surface area contributed by atoms with Gasteiger partial charge in [-0.05, 0) is 30.5 Å². The molecule has 0 radical (unpaired) electrons. The molecule has 31 heavy (non-hydrogen) atoms. The van der Waals surface area contributed by atoms with Gasteiger partial charge in [-0.2, -0.15) is 18.4 Å². The normalized spacial score (nSPS) is 11.1. The van der Waals surface area contributed by atoms with Gasteiger partial charge in [0.15, 0.2) is 5.16 Å². The van der Waals surface area contributed by atoms with Gasteiger partial charge in [0.2, 0.25) is 0 Å². The van der Waals surface area contributed by atoms with Crippen molar-refractivity contribution in [2.24, 2.45) is 0 Å². The molecule has 0 atom stereocenters. The molecule has 0 saturated carbocycles.